The summed E-state index contributed by atoms with van der Waals surface area (Å²) in [5.74, 6) is 1.73. The number of nitrogens with one attached hydrogen (secondary N) is 2. The second-order valence-electron chi connectivity index (χ2n) is 6.16. The molecule has 1 heterocycles. The van der Waals surface area contributed by atoms with Gasteiger partial charge in [-0.2, -0.15) is 0 Å². The predicted octanol–water partition coefficient (Wildman–Crippen LogP) is 1.44. The van der Waals surface area contributed by atoms with Crippen LogP contribution in [-0.4, -0.2) is 25.0 Å². The van der Waals surface area contributed by atoms with Crippen LogP contribution < -0.4 is 10.6 Å². The van der Waals surface area contributed by atoms with Gasteiger partial charge < -0.3 is 10.6 Å². The maximum atomic E-state index is 12.5. The molecule has 19 heavy (non-hydrogen) atoms. The van der Waals surface area contributed by atoms with Crippen LogP contribution in [0.15, 0.2) is 24.3 Å². The number of benzene rings is 1. The van der Waals surface area contributed by atoms with Crippen molar-refractivity contribution in [1.82, 2.24) is 10.6 Å². The third-order valence-electron chi connectivity index (χ3n) is 5.09. The van der Waals surface area contributed by atoms with Crippen molar-refractivity contribution in [3.8, 4) is 0 Å². The van der Waals surface area contributed by atoms with Gasteiger partial charge in [-0.15, -0.1) is 0 Å². The first-order chi connectivity index (χ1) is 9.34. The molecule has 0 bridgehead atoms. The molecular formula is C16H20N2O. The monoisotopic (exact) mass is 256 g/mol. The van der Waals surface area contributed by atoms with Crippen LogP contribution in [-0.2, 0) is 11.2 Å². The molecule has 4 rings (SSSR count). The van der Waals surface area contributed by atoms with E-state index in [0.717, 1.165) is 32.4 Å². The summed E-state index contributed by atoms with van der Waals surface area (Å²) in [6.07, 6.45) is 3.26. The summed E-state index contributed by atoms with van der Waals surface area (Å²) in [7, 11) is 0. The van der Waals surface area contributed by atoms with E-state index >= 15 is 0 Å². The van der Waals surface area contributed by atoms with E-state index in [0.29, 0.717) is 17.9 Å². The van der Waals surface area contributed by atoms with Gasteiger partial charge in [0.15, 0.2) is 0 Å². The first-order valence-corrected chi connectivity index (χ1v) is 7.43. The van der Waals surface area contributed by atoms with Gasteiger partial charge in [-0.05, 0) is 42.2 Å². The highest BCUT2D eigenvalue weighted by atomic mass is 16.2. The zero-order valence-corrected chi connectivity index (χ0v) is 11.1. The standard InChI is InChI=1S/C16H20N2O/c19-16(18-15-13-8-17-9-14(13)15)12-7-3-5-10-4-1-2-6-11(10)12/h1-2,4,6,12-15,17H,3,5,7-9H2,(H,18,19). The van der Waals surface area contributed by atoms with Gasteiger partial charge in [-0.1, -0.05) is 24.3 Å². The Morgan fingerprint density at radius 1 is 1.21 bits per heavy atom. The fourth-order valence-electron chi connectivity index (χ4n) is 3.92. The second-order valence-corrected chi connectivity index (χ2v) is 6.16. The summed E-state index contributed by atoms with van der Waals surface area (Å²) in [4.78, 5) is 12.5. The summed E-state index contributed by atoms with van der Waals surface area (Å²) in [5.41, 5.74) is 2.63. The Morgan fingerprint density at radius 3 is 2.84 bits per heavy atom. The van der Waals surface area contributed by atoms with E-state index in [-0.39, 0.29) is 11.8 Å². The van der Waals surface area contributed by atoms with Crippen molar-refractivity contribution in [2.75, 3.05) is 13.1 Å². The molecule has 3 heteroatoms. The minimum Gasteiger partial charge on any atom is -0.352 e. The normalized spacial score (nSPS) is 35.4. The van der Waals surface area contributed by atoms with Crippen LogP contribution in [0.25, 0.3) is 0 Å². The highest BCUT2D eigenvalue weighted by Gasteiger charge is 2.54. The third kappa shape index (κ3) is 1.88. The summed E-state index contributed by atoms with van der Waals surface area (Å²) in [6, 6.07) is 8.89. The molecule has 1 aliphatic heterocycles. The first-order valence-electron chi connectivity index (χ1n) is 7.43. The lowest BCUT2D eigenvalue weighted by Gasteiger charge is -2.25. The van der Waals surface area contributed by atoms with Crippen LogP contribution in [0.4, 0.5) is 0 Å². The van der Waals surface area contributed by atoms with Crippen molar-refractivity contribution >= 4 is 5.91 Å². The van der Waals surface area contributed by atoms with Crippen molar-refractivity contribution in [2.45, 2.75) is 31.2 Å². The van der Waals surface area contributed by atoms with Gasteiger partial charge in [0.1, 0.15) is 0 Å². The molecule has 1 saturated heterocycles. The molecule has 3 aliphatic rings. The molecule has 1 aromatic rings. The number of piperidine rings is 1. The lowest BCUT2D eigenvalue weighted by Crippen LogP contribution is -2.36. The van der Waals surface area contributed by atoms with E-state index in [2.05, 4.69) is 34.9 Å². The highest BCUT2D eigenvalue weighted by molar-refractivity contribution is 5.85. The molecule has 1 aromatic carbocycles. The van der Waals surface area contributed by atoms with Gasteiger partial charge in [0.2, 0.25) is 5.91 Å². The van der Waals surface area contributed by atoms with Crippen LogP contribution in [0.1, 0.15) is 29.9 Å². The molecule has 3 atom stereocenters. The first kappa shape index (κ1) is 11.5. The molecule has 2 fully saturated rings. The van der Waals surface area contributed by atoms with E-state index in [1.807, 2.05) is 0 Å². The molecule has 1 amide bonds. The van der Waals surface area contributed by atoms with Crippen molar-refractivity contribution in [3.63, 3.8) is 0 Å². The minimum absolute atomic E-state index is 0.0826. The number of hydrogen-bond donors (Lipinski definition) is 2. The minimum atomic E-state index is 0.0826. The third-order valence-corrected chi connectivity index (χ3v) is 5.09. The zero-order valence-electron chi connectivity index (χ0n) is 11.1. The largest absolute Gasteiger partial charge is 0.352 e. The van der Waals surface area contributed by atoms with Crippen LogP contribution in [0.5, 0.6) is 0 Å². The Morgan fingerprint density at radius 2 is 2.00 bits per heavy atom. The van der Waals surface area contributed by atoms with E-state index in [1.54, 1.807) is 0 Å². The number of aryl methyl sites for hydroxylation is 1. The van der Waals surface area contributed by atoms with Gasteiger partial charge in [0.25, 0.3) is 0 Å². The summed E-state index contributed by atoms with van der Waals surface area (Å²) >= 11 is 0. The average Bonchev–Trinajstić information content (AvgIpc) is 2.88. The van der Waals surface area contributed by atoms with Crippen molar-refractivity contribution in [1.29, 1.82) is 0 Å². The Hall–Kier alpha value is -1.35. The van der Waals surface area contributed by atoms with Crippen molar-refractivity contribution in [3.05, 3.63) is 35.4 Å². The number of amides is 1. The molecule has 2 N–H and O–H groups in total. The Bertz CT molecular complexity index is 503. The summed E-state index contributed by atoms with van der Waals surface area (Å²) < 4.78 is 0. The summed E-state index contributed by atoms with van der Waals surface area (Å²) in [5, 5.41) is 6.66. The summed E-state index contributed by atoms with van der Waals surface area (Å²) in [6.45, 7) is 2.16. The van der Waals surface area contributed by atoms with Crippen molar-refractivity contribution in [2.24, 2.45) is 11.8 Å². The number of rotatable bonds is 2. The predicted molar refractivity (Wildman–Crippen MR) is 73.9 cm³/mol. The van der Waals surface area contributed by atoms with Gasteiger partial charge in [-0.3, -0.25) is 4.79 Å². The number of carbonyl (C=O) groups excluding carboxylic acids is 1. The smallest absolute Gasteiger partial charge is 0.227 e. The molecule has 0 aromatic heterocycles. The maximum Gasteiger partial charge on any atom is 0.227 e. The highest BCUT2D eigenvalue weighted by Crippen LogP contribution is 2.42. The molecule has 2 aliphatic carbocycles. The van der Waals surface area contributed by atoms with Gasteiger partial charge >= 0.3 is 0 Å². The van der Waals surface area contributed by atoms with E-state index in [4.69, 9.17) is 0 Å². The molecule has 0 radical (unpaired) electrons. The van der Waals surface area contributed by atoms with E-state index < -0.39 is 0 Å². The zero-order chi connectivity index (χ0) is 12.8. The average molecular weight is 256 g/mol. The van der Waals surface area contributed by atoms with Gasteiger partial charge in [0, 0.05) is 19.1 Å². The van der Waals surface area contributed by atoms with Crippen LogP contribution in [0.2, 0.25) is 0 Å². The lowest BCUT2D eigenvalue weighted by molar-refractivity contribution is -0.123. The maximum absolute atomic E-state index is 12.5. The van der Waals surface area contributed by atoms with E-state index in [9.17, 15) is 4.79 Å². The van der Waals surface area contributed by atoms with Gasteiger partial charge in [-0.25, -0.2) is 0 Å². The van der Waals surface area contributed by atoms with Crippen LogP contribution >= 0.6 is 0 Å². The lowest BCUT2D eigenvalue weighted by atomic mass is 9.82. The molecule has 100 valence electrons. The van der Waals surface area contributed by atoms with Gasteiger partial charge in [0.05, 0.1) is 5.92 Å². The number of fused-ring (bicyclic) bond motifs is 2. The fourth-order valence-corrected chi connectivity index (χ4v) is 3.92. The quantitative estimate of drug-likeness (QED) is 0.840. The number of carbonyl (C=O) groups is 1. The molecular weight excluding hydrogens is 236 g/mol. The van der Waals surface area contributed by atoms with Crippen molar-refractivity contribution < 1.29 is 4.79 Å². The fraction of sp³-hybridized carbons (Fsp3) is 0.562. The Kier molecular flexibility index (Phi) is 2.62. The Labute approximate surface area is 113 Å². The molecule has 1 saturated carbocycles. The molecule has 3 unspecified atom stereocenters. The van der Waals surface area contributed by atoms with E-state index in [1.165, 1.54) is 11.1 Å². The topological polar surface area (TPSA) is 41.1 Å². The Balaban J connectivity index is 1.49. The SMILES string of the molecule is O=C(NC1C2CNCC21)C1CCCc2ccccc21. The number of hydrogen-bond acceptors (Lipinski definition) is 2. The van der Waals surface area contributed by atoms with Crippen LogP contribution in [0, 0.1) is 11.8 Å². The molecule has 3 nitrogen and oxygen atoms in total. The van der Waals surface area contributed by atoms with Crippen LogP contribution in [0.3, 0.4) is 0 Å². The second kappa shape index (κ2) is 4.34. The molecule has 0 spiro atoms.